The first kappa shape index (κ1) is 34.8. The van der Waals surface area contributed by atoms with Crippen molar-refractivity contribution < 1.29 is 27.9 Å². The van der Waals surface area contributed by atoms with Gasteiger partial charge in [-0.05, 0) is 85.5 Å². The molecule has 0 radical (unpaired) electrons. The van der Waals surface area contributed by atoms with Gasteiger partial charge in [0.1, 0.15) is 17.5 Å². The maximum Gasteiger partial charge on any atom is 0.265 e. The molecule has 6 aromatic rings. The molecule has 5 heterocycles. The van der Waals surface area contributed by atoms with Crippen LogP contribution in [0.4, 0.5) is 31.7 Å². The molecule has 2 N–H and O–H groups in total. The van der Waals surface area contributed by atoms with Crippen molar-refractivity contribution >= 4 is 62.8 Å². The molecule has 1 spiro atoms. The van der Waals surface area contributed by atoms with Gasteiger partial charge in [-0.3, -0.25) is 14.4 Å². The molecule has 9 rings (SSSR count). The number of rotatable bonds is 6. The predicted octanol–water partition coefficient (Wildman–Crippen LogP) is 8.57. The number of fused-ring (bicyclic) bond motifs is 4. The summed E-state index contributed by atoms with van der Waals surface area (Å²) in [7, 11) is 0. The Labute approximate surface area is 319 Å². The van der Waals surface area contributed by atoms with Gasteiger partial charge in [-0.15, -0.1) is 11.3 Å². The average Bonchev–Trinajstić information content (AvgIpc) is 3.56. The maximum atomic E-state index is 14.3. The molecule has 2 saturated heterocycles. The van der Waals surface area contributed by atoms with E-state index < -0.39 is 17.5 Å². The average molecular weight is 756 g/mol. The van der Waals surface area contributed by atoms with Crippen LogP contribution in [0.25, 0.3) is 21.3 Å². The molecule has 0 aliphatic carbocycles. The second-order valence-corrected chi connectivity index (χ2v) is 15.4. The van der Waals surface area contributed by atoms with E-state index >= 15 is 0 Å². The van der Waals surface area contributed by atoms with Gasteiger partial charge in [0.25, 0.3) is 17.7 Å². The topological polar surface area (TPSA) is 104 Å². The van der Waals surface area contributed by atoms with Gasteiger partial charge in [0.2, 0.25) is 0 Å². The summed E-state index contributed by atoms with van der Waals surface area (Å²) < 4.78 is 33.2. The third kappa shape index (κ3) is 6.61. The number of aromatic nitrogens is 1. The van der Waals surface area contributed by atoms with E-state index in [9.17, 15) is 23.2 Å². The van der Waals surface area contributed by atoms with Crippen LogP contribution in [0.15, 0.2) is 103 Å². The number of benzene rings is 4. The second kappa shape index (κ2) is 14.0. The molecule has 3 aliphatic rings. The van der Waals surface area contributed by atoms with Crippen LogP contribution in [0, 0.1) is 17.0 Å². The van der Waals surface area contributed by atoms with Crippen LogP contribution in [0.2, 0.25) is 0 Å². The van der Waals surface area contributed by atoms with Crippen molar-refractivity contribution in [2.45, 2.75) is 19.3 Å². The zero-order valence-corrected chi connectivity index (χ0v) is 30.4. The molecule has 2 fully saturated rings. The van der Waals surface area contributed by atoms with E-state index in [1.54, 1.807) is 35.2 Å². The van der Waals surface area contributed by atoms with E-state index in [1.165, 1.54) is 17.4 Å². The van der Waals surface area contributed by atoms with E-state index in [0.29, 0.717) is 46.2 Å². The minimum atomic E-state index is -0.858. The van der Waals surface area contributed by atoms with Gasteiger partial charge in [0.05, 0.1) is 27.3 Å². The number of halogens is 2. The van der Waals surface area contributed by atoms with Crippen LogP contribution in [0.1, 0.15) is 48.8 Å². The summed E-state index contributed by atoms with van der Waals surface area (Å²) in [6, 6.07) is 28.9. The van der Waals surface area contributed by atoms with Crippen molar-refractivity contribution in [1.29, 1.82) is 0 Å². The molecule has 2 aromatic heterocycles. The number of pyridine rings is 1. The normalized spacial score (nSPS) is 15.8. The summed E-state index contributed by atoms with van der Waals surface area (Å²) in [6.45, 7) is 3.55. The summed E-state index contributed by atoms with van der Waals surface area (Å²) in [5, 5.41) is 6.45. The van der Waals surface area contributed by atoms with E-state index in [-0.39, 0.29) is 22.9 Å². The standard InChI is InChI=1S/C43H35F2N5O4S/c44-29-11-14-35(33(45)23-29)48-41(52)37-22-28-15-18-50(36-8-4-2-6-31(36)38(28)55-37)42(53)26-9-12-30(13-10-26)46-40(51)32-21-27-5-1-3-7-34(27)47-39(32)49-24-43(25-49)16-19-54-20-17-43/h1-14,21-23H,15-20,24-25H2,(H,46,51)(H,48,52). The summed E-state index contributed by atoms with van der Waals surface area (Å²) in [5.41, 5.74) is 4.82. The largest absolute Gasteiger partial charge is 0.381 e. The molecule has 9 nitrogen and oxygen atoms in total. The highest BCUT2D eigenvalue weighted by Gasteiger charge is 2.45. The van der Waals surface area contributed by atoms with Crippen molar-refractivity contribution in [2.75, 3.05) is 53.3 Å². The lowest BCUT2D eigenvalue weighted by Gasteiger charge is -2.53. The molecule has 3 amide bonds. The fourth-order valence-corrected chi connectivity index (χ4v) is 8.93. The smallest absolute Gasteiger partial charge is 0.265 e. The maximum absolute atomic E-state index is 14.3. The van der Waals surface area contributed by atoms with Crippen LogP contribution in [-0.4, -0.2) is 55.6 Å². The van der Waals surface area contributed by atoms with Crippen molar-refractivity contribution in [1.82, 2.24) is 4.98 Å². The van der Waals surface area contributed by atoms with Crippen LogP contribution < -0.4 is 20.4 Å². The third-order valence-electron chi connectivity index (χ3n) is 10.7. The SMILES string of the molecule is O=C(Nc1ccc(F)cc1F)c1cc2c(s1)-c1ccccc1N(C(=O)c1ccc(NC(=O)c3cc4ccccc4nc3N3CC4(CCOCC4)C3)cc1)CC2. The van der Waals surface area contributed by atoms with Gasteiger partial charge in [-0.25, -0.2) is 13.8 Å². The fourth-order valence-electron chi connectivity index (χ4n) is 7.79. The first-order valence-corrected chi connectivity index (χ1v) is 19.0. The van der Waals surface area contributed by atoms with E-state index in [4.69, 9.17) is 9.72 Å². The Balaban J connectivity index is 0.923. The van der Waals surface area contributed by atoms with Gasteiger partial charge >= 0.3 is 0 Å². The minimum Gasteiger partial charge on any atom is -0.381 e. The number of ether oxygens (including phenoxy) is 1. The van der Waals surface area contributed by atoms with Crippen LogP contribution >= 0.6 is 11.3 Å². The molecule has 276 valence electrons. The van der Waals surface area contributed by atoms with Gasteiger partial charge in [0, 0.05) is 71.4 Å². The molecular weight excluding hydrogens is 721 g/mol. The number of carbonyl (C=O) groups is 3. The number of hydrogen-bond donors (Lipinski definition) is 2. The fraction of sp³-hybridized carbons (Fsp3) is 0.209. The Bertz CT molecular complexity index is 2490. The van der Waals surface area contributed by atoms with Gasteiger partial charge in [-0.1, -0.05) is 36.4 Å². The number of anilines is 4. The predicted molar refractivity (Wildman–Crippen MR) is 210 cm³/mol. The van der Waals surface area contributed by atoms with Gasteiger partial charge < -0.3 is 25.2 Å². The third-order valence-corrected chi connectivity index (χ3v) is 12.0. The molecule has 12 heteroatoms. The molecular formula is C43H35F2N5O4S. The Morgan fingerprint density at radius 2 is 1.58 bits per heavy atom. The molecule has 55 heavy (non-hydrogen) atoms. The Kier molecular flexibility index (Phi) is 8.86. The lowest BCUT2D eigenvalue weighted by molar-refractivity contribution is -0.000492. The van der Waals surface area contributed by atoms with Crippen LogP contribution in [-0.2, 0) is 11.2 Å². The highest BCUT2D eigenvalue weighted by molar-refractivity contribution is 7.17. The zero-order chi connectivity index (χ0) is 37.7. The van der Waals surface area contributed by atoms with E-state index in [2.05, 4.69) is 15.5 Å². The molecule has 0 unspecified atom stereocenters. The van der Waals surface area contributed by atoms with Crippen molar-refractivity contribution in [3.63, 3.8) is 0 Å². The molecule has 4 aromatic carbocycles. The summed E-state index contributed by atoms with van der Waals surface area (Å²) in [4.78, 5) is 51.2. The molecule has 0 atom stereocenters. The minimum absolute atomic E-state index is 0.108. The number of carbonyl (C=O) groups excluding carboxylic acids is 3. The second-order valence-electron chi connectivity index (χ2n) is 14.3. The Morgan fingerprint density at radius 3 is 2.38 bits per heavy atom. The molecule has 0 saturated carbocycles. The number of thiophene rings is 1. The summed E-state index contributed by atoms with van der Waals surface area (Å²) in [6.07, 6.45) is 2.49. The zero-order valence-electron chi connectivity index (χ0n) is 29.6. The summed E-state index contributed by atoms with van der Waals surface area (Å²) >= 11 is 1.26. The lowest BCUT2D eigenvalue weighted by atomic mass is 9.73. The van der Waals surface area contributed by atoms with Crippen molar-refractivity contribution in [3.8, 4) is 10.4 Å². The molecule has 0 bridgehead atoms. The number of para-hydroxylation sites is 2. The van der Waals surface area contributed by atoms with E-state index in [0.717, 1.165) is 78.2 Å². The van der Waals surface area contributed by atoms with Gasteiger partial charge in [0.15, 0.2) is 0 Å². The lowest BCUT2D eigenvalue weighted by Crippen LogP contribution is -2.59. The Morgan fingerprint density at radius 1 is 0.818 bits per heavy atom. The Hall–Kier alpha value is -5.98. The number of nitrogens with one attached hydrogen (secondary N) is 2. The highest BCUT2D eigenvalue weighted by atomic mass is 32.1. The van der Waals surface area contributed by atoms with Crippen LogP contribution in [0.3, 0.4) is 0 Å². The summed E-state index contributed by atoms with van der Waals surface area (Å²) in [5.74, 6) is -1.90. The first-order chi connectivity index (χ1) is 26.7. The monoisotopic (exact) mass is 755 g/mol. The first-order valence-electron chi connectivity index (χ1n) is 18.2. The van der Waals surface area contributed by atoms with Crippen molar-refractivity contribution in [2.24, 2.45) is 5.41 Å². The van der Waals surface area contributed by atoms with E-state index in [1.807, 2.05) is 54.6 Å². The number of nitrogens with zero attached hydrogens (tertiary/aromatic N) is 3. The molecule has 3 aliphatic heterocycles. The highest BCUT2D eigenvalue weighted by Crippen LogP contribution is 2.44. The number of amides is 3. The van der Waals surface area contributed by atoms with Crippen LogP contribution in [0.5, 0.6) is 0 Å². The van der Waals surface area contributed by atoms with Gasteiger partial charge in [-0.2, -0.15) is 0 Å². The quantitative estimate of drug-likeness (QED) is 0.177. The van der Waals surface area contributed by atoms with Crippen molar-refractivity contribution in [3.05, 3.63) is 136 Å². The number of hydrogen-bond acceptors (Lipinski definition) is 7.